The number of carbonyl (C=O) groups is 2. The van der Waals surface area contributed by atoms with Crippen LogP contribution in [0.15, 0.2) is 24.3 Å². The number of carboxylic acids is 1. The summed E-state index contributed by atoms with van der Waals surface area (Å²) in [5, 5.41) is 8.96. The van der Waals surface area contributed by atoms with Gasteiger partial charge in [-0.2, -0.15) is 0 Å². The van der Waals surface area contributed by atoms with Crippen molar-refractivity contribution in [1.29, 1.82) is 0 Å². The van der Waals surface area contributed by atoms with Crippen LogP contribution in [0, 0.1) is 5.92 Å². The summed E-state index contributed by atoms with van der Waals surface area (Å²) >= 11 is 0. The molecule has 18 heavy (non-hydrogen) atoms. The van der Waals surface area contributed by atoms with Crippen LogP contribution in [0.3, 0.4) is 0 Å². The topological polar surface area (TPSA) is 66.8 Å². The molecule has 1 aliphatic heterocycles. The molecule has 1 N–H and O–H groups in total. The summed E-state index contributed by atoms with van der Waals surface area (Å²) in [6.07, 6.45) is 0.0514. The Morgan fingerprint density at radius 2 is 2.22 bits per heavy atom. The van der Waals surface area contributed by atoms with Crippen molar-refractivity contribution in [2.45, 2.75) is 13.3 Å². The molecule has 0 unspecified atom stereocenters. The third-order valence-electron chi connectivity index (χ3n) is 2.93. The summed E-state index contributed by atoms with van der Waals surface area (Å²) in [4.78, 5) is 24.3. The molecular weight excluding hydrogens is 234 g/mol. The molecule has 1 aliphatic rings. The monoisotopic (exact) mass is 249 g/mol. The van der Waals surface area contributed by atoms with Gasteiger partial charge in [0.2, 0.25) is 5.91 Å². The van der Waals surface area contributed by atoms with Crippen LogP contribution >= 0.6 is 0 Å². The first kappa shape index (κ1) is 12.4. The number of carboxylic acid groups (broad SMARTS) is 1. The summed E-state index contributed by atoms with van der Waals surface area (Å²) in [6, 6.07) is 7.18. The minimum absolute atomic E-state index is 0.0514. The van der Waals surface area contributed by atoms with Gasteiger partial charge >= 0.3 is 5.97 Å². The number of ether oxygens (including phenoxy) is 1. The molecule has 2 rings (SSSR count). The number of anilines is 1. The molecule has 1 aromatic rings. The first-order valence-corrected chi connectivity index (χ1v) is 5.88. The van der Waals surface area contributed by atoms with E-state index in [1.165, 1.54) is 4.90 Å². The Kier molecular flexibility index (Phi) is 3.50. The molecule has 1 aromatic carbocycles. The lowest BCUT2D eigenvalue weighted by molar-refractivity contribution is -0.141. The first-order chi connectivity index (χ1) is 8.63. The lowest BCUT2D eigenvalue weighted by Crippen LogP contribution is -2.26. The van der Waals surface area contributed by atoms with Crippen LogP contribution in [0.5, 0.6) is 5.75 Å². The maximum atomic E-state index is 11.9. The second kappa shape index (κ2) is 5.08. The van der Waals surface area contributed by atoms with Crippen molar-refractivity contribution < 1.29 is 19.4 Å². The molecule has 1 amide bonds. The molecule has 1 heterocycles. The van der Waals surface area contributed by atoms with E-state index in [2.05, 4.69) is 0 Å². The lowest BCUT2D eigenvalue weighted by atomic mass is 10.1. The van der Waals surface area contributed by atoms with Crippen LogP contribution in [0.4, 0.5) is 5.69 Å². The van der Waals surface area contributed by atoms with Gasteiger partial charge in [-0.1, -0.05) is 12.1 Å². The number of nitrogens with zero attached hydrogens (tertiary/aromatic N) is 1. The van der Waals surface area contributed by atoms with Gasteiger partial charge in [0.05, 0.1) is 18.2 Å². The Bertz CT molecular complexity index is 472. The SMILES string of the molecule is CCOc1ccccc1N1C[C@H](C(=O)O)CC1=O. The minimum Gasteiger partial charge on any atom is -0.492 e. The van der Waals surface area contributed by atoms with E-state index in [-0.39, 0.29) is 18.9 Å². The fourth-order valence-corrected chi connectivity index (χ4v) is 2.06. The van der Waals surface area contributed by atoms with E-state index >= 15 is 0 Å². The Morgan fingerprint density at radius 3 is 2.83 bits per heavy atom. The summed E-state index contributed by atoms with van der Waals surface area (Å²) in [7, 11) is 0. The molecule has 5 heteroatoms. The summed E-state index contributed by atoms with van der Waals surface area (Å²) in [6.45, 7) is 2.57. The second-order valence-electron chi connectivity index (χ2n) is 4.14. The Labute approximate surface area is 105 Å². The van der Waals surface area contributed by atoms with Gasteiger partial charge in [0.15, 0.2) is 0 Å². The normalized spacial score (nSPS) is 19.1. The van der Waals surface area contributed by atoms with E-state index in [0.717, 1.165) is 0 Å². The number of hydrogen-bond acceptors (Lipinski definition) is 3. The molecule has 1 saturated heterocycles. The first-order valence-electron chi connectivity index (χ1n) is 5.88. The highest BCUT2D eigenvalue weighted by molar-refractivity contribution is 6.00. The van der Waals surface area contributed by atoms with Gasteiger partial charge in [-0.05, 0) is 19.1 Å². The zero-order chi connectivity index (χ0) is 13.1. The number of hydrogen-bond donors (Lipinski definition) is 1. The molecule has 1 atom stereocenters. The van der Waals surface area contributed by atoms with E-state index in [4.69, 9.17) is 9.84 Å². The van der Waals surface area contributed by atoms with Gasteiger partial charge in [0.25, 0.3) is 0 Å². The molecule has 5 nitrogen and oxygen atoms in total. The fraction of sp³-hybridized carbons (Fsp3) is 0.385. The molecule has 1 fully saturated rings. The molecule has 0 aliphatic carbocycles. The van der Waals surface area contributed by atoms with Crippen LogP contribution in [-0.2, 0) is 9.59 Å². The zero-order valence-electron chi connectivity index (χ0n) is 10.1. The summed E-state index contributed by atoms with van der Waals surface area (Å²) in [5.74, 6) is -1.12. The number of para-hydroxylation sites is 2. The minimum atomic E-state index is -0.931. The molecule has 0 aromatic heterocycles. The highest BCUT2D eigenvalue weighted by Crippen LogP contribution is 2.32. The van der Waals surface area contributed by atoms with Crippen LogP contribution in [-0.4, -0.2) is 30.1 Å². The van der Waals surface area contributed by atoms with Crippen molar-refractivity contribution in [2.24, 2.45) is 5.92 Å². The highest BCUT2D eigenvalue weighted by atomic mass is 16.5. The van der Waals surface area contributed by atoms with E-state index in [9.17, 15) is 9.59 Å². The predicted molar refractivity (Wildman–Crippen MR) is 65.7 cm³/mol. The molecule has 0 radical (unpaired) electrons. The van der Waals surface area contributed by atoms with Crippen LogP contribution in [0.2, 0.25) is 0 Å². The highest BCUT2D eigenvalue weighted by Gasteiger charge is 2.36. The number of carbonyl (C=O) groups excluding carboxylic acids is 1. The number of amides is 1. The Morgan fingerprint density at radius 1 is 1.50 bits per heavy atom. The predicted octanol–water partition coefficient (Wildman–Crippen LogP) is 1.52. The molecular formula is C13H15NO4. The third kappa shape index (κ3) is 2.30. The third-order valence-corrected chi connectivity index (χ3v) is 2.93. The summed E-state index contributed by atoms with van der Waals surface area (Å²) < 4.78 is 5.45. The second-order valence-corrected chi connectivity index (χ2v) is 4.14. The number of rotatable bonds is 4. The molecule has 0 spiro atoms. The van der Waals surface area contributed by atoms with Crippen molar-refractivity contribution in [3.8, 4) is 5.75 Å². The number of aliphatic carboxylic acids is 1. The molecule has 96 valence electrons. The van der Waals surface area contributed by atoms with Gasteiger partial charge in [-0.25, -0.2) is 0 Å². The van der Waals surface area contributed by atoms with Gasteiger partial charge in [-0.15, -0.1) is 0 Å². The van der Waals surface area contributed by atoms with Gasteiger partial charge < -0.3 is 14.7 Å². The van der Waals surface area contributed by atoms with E-state index in [0.29, 0.717) is 18.0 Å². The van der Waals surface area contributed by atoms with Gasteiger partial charge in [0, 0.05) is 13.0 Å². The largest absolute Gasteiger partial charge is 0.492 e. The average molecular weight is 249 g/mol. The van der Waals surface area contributed by atoms with Crippen LogP contribution in [0.1, 0.15) is 13.3 Å². The van der Waals surface area contributed by atoms with E-state index in [1.54, 1.807) is 18.2 Å². The van der Waals surface area contributed by atoms with E-state index < -0.39 is 11.9 Å². The Balaban J connectivity index is 2.26. The standard InChI is InChI=1S/C13H15NO4/c1-2-18-11-6-4-3-5-10(11)14-8-9(13(16)17)7-12(14)15/h3-6,9H,2,7-8H2,1H3,(H,16,17)/t9-/m1/s1. The van der Waals surface area contributed by atoms with Crippen molar-refractivity contribution in [1.82, 2.24) is 0 Å². The zero-order valence-corrected chi connectivity index (χ0v) is 10.1. The van der Waals surface area contributed by atoms with Crippen molar-refractivity contribution in [3.05, 3.63) is 24.3 Å². The maximum absolute atomic E-state index is 11.9. The van der Waals surface area contributed by atoms with Crippen molar-refractivity contribution in [2.75, 3.05) is 18.1 Å². The summed E-state index contributed by atoms with van der Waals surface area (Å²) in [5.41, 5.74) is 0.646. The maximum Gasteiger partial charge on any atom is 0.308 e. The fourth-order valence-electron chi connectivity index (χ4n) is 2.06. The van der Waals surface area contributed by atoms with E-state index in [1.807, 2.05) is 13.0 Å². The van der Waals surface area contributed by atoms with Crippen LogP contribution < -0.4 is 9.64 Å². The lowest BCUT2D eigenvalue weighted by Gasteiger charge is -2.19. The van der Waals surface area contributed by atoms with Crippen molar-refractivity contribution >= 4 is 17.6 Å². The van der Waals surface area contributed by atoms with Crippen molar-refractivity contribution in [3.63, 3.8) is 0 Å². The smallest absolute Gasteiger partial charge is 0.308 e. The molecule has 0 bridgehead atoms. The number of benzene rings is 1. The quantitative estimate of drug-likeness (QED) is 0.878. The van der Waals surface area contributed by atoms with Gasteiger partial charge in [-0.3, -0.25) is 9.59 Å². The van der Waals surface area contributed by atoms with Crippen LogP contribution in [0.25, 0.3) is 0 Å². The Hall–Kier alpha value is -2.04. The molecule has 0 saturated carbocycles. The average Bonchev–Trinajstić information content (AvgIpc) is 2.73. The van der Waals surface area contributed by atoms with Gasteiger partial charge in [0.1, 0.15) is 5.75 Å².